The zero-order valence-corrected chi connectivity index (χ0v) is 23.0. The maximum atomic E-state index is 13.3. The molecule has 0 spiro atoms. The second-order valence-electron chi connectivity index (χ2n) is 11.7. The minimum absolute atomic E-state index is 0.00370. The Labute approximate surface area is 222 Å². The highest BCUT2D eigenvalue weighted by Gasteiger charge is 2.52. The van der Waals surface area contributed by atoms with Crippen LogP contribution in [0.25, 0.3) is 0 Å². The topological polar surface area (TPSA) is 60.5 Å². The first-order valence-corrected chi connectivity index (χ1v) is 14.1. The predicted octanol–water partition coefficient (Wildman–Crippen LogP) is 4.15. The predicted molar refractivity (Wildman–Crippen MR) is 143 cm³/mol. The van der Waals surface area contributed by atoms with E-state index in [0.29, 0.717) is 19.0 Å². The first kappa shape index (κ1) is 26.5. The number of hydrogen-bond donors (Lipinski definition) is 0. The zero-order valence-electron chi connectivity index (χ0n) is 23.0. The minimum Gasteiger partial charge on any atom is -0.497 e. The van der Waals surface area contributed by atoms with Crippen LogP contribution in [0.15, 0.2) is 29.8 Å². The SMILES string of the molecule is COc1ccc(OC)c(CN(CCN2CCOCC2)CC2C(=O)O[C@H]3C[C@]4(C)CCC[C@@H](C)C4=C[C@@H]23)c1. The highest BCUT2D eigenvalue weighted by molar-refractivity contribution is 5.76. The van der Waals surface area contributed by atoms with Crippen molar-refractivity contribution in [3.63, 3.8) is 0 Å². The van der Waals surface area contributed by atoms with Crippen LogP contribution >= 0.6 is 0 Å². The van der Waals surface area contributed by atoms with Crippen LogP contribution in [-0.4, -0.2) is 82.0 Å². The monoisotopic (exact) mass is 512 g/mol. The van der Waals surface area contributed by atoms with Crippen molar-refractivity contribution < 1.29 is 23.7 Å². The van der Waals surface area contributed by atoms with Gasteiger partial charge in [-0.1, -0.05) is 31.9 Å². The Kier molecular flexibility index (Phi) is 8.13. The van der Waals surface area contributed by atoms with Crippen LogP contribution in [0.3, 0.4) is 0 Å². The molecular formula is C30H44N2O5. The summed E-state index contributed by atoms with van der Waals surface area (Å²) in [4.78, 5) is 18.2. The van der Waals surface area contributed by atoms with E-state index in [1.807, 2.05) is 18.2 Å². The Hall–Kier alpha value is -2.09. The second kappa shape index (κ2) is 11.3. The number of methoxy groups -OCH3 is 2. The summed E-state index contributed by atoms with van der Waals surface area (Å²) in [6.45, 7) is 11.4. The number of nitrogens with zero attached hydrogens (tertiary/aromatic N) is 2. The van der Waals surface area contributed by atoms with Gasteiger partial charge in [0.05, 0.1) is 33.4 Å². The molecule has 5 atom stereocenters. The molecule has 1 unspecified atom stereocenters. The average Bonchev–Trinajstić information content (AvgIpc) is 3.19. The molecule has 1 saturated carbocycles. The summed E-state index contributed by atoms with van der Waals surface area (Å²) < 4.78 is 22.8. The zero-order chi connectivity index (χ0) is 26.0. The van der Waals surface area contributed by atoms with Crippen molar-refractivity contribution in [2.24, 2.45) is 23.2 Å². The van der Waals surface area contributed by atoms with Gasteiger partial charge in [-0.05, 0) is 48.8 Å². The second-order valence-corrected chi connectivity index (χ2v) is 11.7. The molecule has 3 fully saturated rings. The van der Waals surface area contributed by atoms with Gasteiger partial charge in [-0.15, -0.1) is 0 Å². The smallest absolute Gasteiger partial charge is 0.311 e. The number of allylic oxidation sites excluding steroid dienone is 1. The van der Waals surface area contributed by atoms with Gasteiger partial charge in [0, 0.05) is 50.7 Å². The van der Waals surface area contributed by atoms with Gasteiger partial charge in [0.15, 0.2) is 0 Å². The summed E-state index contributed by atoms with van der Waals surface area (Å²) in [5, 5.41) is 0. The molecule has 2 aliphatic carbocycles. The van der Waals surface area contributed by atoms with Crippen LogP contribution < -0.4 is 9.47 Å². The number of hydrogen-bond acceptors (Lipinski definition) is 7. The average molecular weight is 513 g/mol. The lowest BCUT2D eigenvalue weighted by Gasteiger charge is -2.46. The summed E-state index contributed by atoms with van der Waals surface area (Å²) in [5.41, 5.74) is 2.82. The van der Waals surface area contributed by atoms with Gasteiger partial charge >= 0.3 is 5.97 Å². The fraction of sp³-hybridized carbons (Fsp3) is 0.700. The number of rotatable bonds is 9. The highest BCUT2D eigenvalue weighted by atomic mass is 16.6. The largest absolute Gasteiger partial charge is 0.497 e. The van der Waals surface area contributed by atoms with E-state index in [2.05, 4.69) is 29.7 Å². The molecule has 0 amide bonds. The number of morpholine rings is 1. The van der Waals surface area contributed by atoms with Crippen molar-refractivity contribution in [1.29, 1.82) is 0 Å². The third-order valence-corrected chi connectivity index (χ3v) is 9.25. The lowest BCUT2D eigenvalue weighted by molar-refractivity contribution is -0.145. The van der Waals surface area contributed by atoms with Gasteiger partial charge in [0.2, 0.25) is 0 Å². The first-order valence-electron chi connectivity index (χ1n) is 14.1. The van der Waals surface area contributed by atoms with Crippen molar-refractivity contribution in [2.75, 3.05) is 60.2 Å². The maximum Gasteiger partial charge on any atom is 0.311 e. The van der Waals surface area contributed by atoms with E-state index in [1.165, 1.54) is 19.3 Å². The van der Waals surface area contributed by atoms with Crippen LogP contribution in [0.4, 0.5) is 0 Å². The molecule has 4 aliphatic rings. The van der Waals surface area contributed by atoms with E-state index in [0.717, 1.165) is 62.9 Å². The van der Waals surface area contributed by atoms with Crippen LogP contribution in [0.5, 0.6) is 11.5 Å². The minimum atomic E-state index is -0.141. The van der Waals surface area contributed by atoms with Crippen molar-refractivity contribution >= 4 is 5.97 Å². The quantitative estimate of drug-likeness (QED) is 0.364. The van der Waals surface area contributed by atoms with Gasteiger partial charge in [-0.3, -0.25) is 14.6 Å². The Balaban J connectivity index is 1.38. The maximum absolute atomic E-state index is 13.3. The van der Waals surface area contributed by atoms with E-state index >= 15 is 0 Å². The molecule has 5 rings (SSSR count). The summed E-state index contributed by atoms with van der Waals surface area (Å²) in [5.74, 6) is 2.24. The number of carbonyl (C=O) groups excluding carboxylic acids is 1. The molecule has 2 aliphatic heterocycles. The summed E-state index contributed by atoms with van der Waals surface area (Å²) in [6.07, 6.45) is 7.15. The van der Waals surface area contributed by atoms with Crippen LogP contribution in [0, 0.1) is 23.2 Å². The van der Waals surface area contributed by atoms with Crippen LogP contribution in [0.1, 0.15) is 45.1 Å². The van der Waals surface area contributed by atoms with Crippen molar-refractivity contribution in [2.45, 2.75) is 52.2 Å². The van der Waals surface area contributed by atoms with Gasteiger partial charge in [-0.25, -0.2) is 0 Å². The summed E-state index contributed by atoms with van der Waals surface area (Å²) >= 11 is 0. The van der Waals surface area contributed by atoms with E-state index < -0.39 is 0 Å². The lowest BCUT2D eigenvalue weighted by Crippen LogP contribution is -2.44. The van der Waals surface area contributed by atoms with E-state index in [1.54, 1.807) is 19.8 Å². The molecule has 1 aromatic rings. The highest BCUT2D eigenvalue weighted by Crippen LogP contribution is 2.54. The van der Waals surface area contributed by atoms with E-state index in [9.17, 15) is 4.79 Å². The van der Waals surface area contributed by atoms with Gasteiger partial charge in [-0.2, -0.15) is 0 Å². The molecule has 0 N–H and O–H groups in total. The lowest BCUT2D eigenvalue weighted by atomic mass is 9.59. The number of carbonyl (C=O) groups is 1. The van der Waals surface area contributed by atoms with Gasteiger partial charge in [0.1, 0.15) is 17.6 Å². The Morgan fingerprint density at radius 3 is 2.76 bits per heavy atom. The van der Waals surface area contributed by atoms with Crippen molar-refractivity contribution in [3.8, 4) is 11.5 Å². The number of benzene rings is 1. The standard InChI is InChI=1S/C30H44N2O5/c1-21-6-5-9-30(2)18-28-24(17-26(21)30)25(29(33)37-28)20-32(11-10-31-12-14-36-15-13-31)19-22-16-23(34-3)7-8-27(22)35-4/h7-8,16-17,21,24-25,28H,5-6,9-15,18-20H2,1-4H3/t21-,24+,25?,28+,30+/m1/s1. The first-order chi connectivity index (χ1) is 17.9. The molecule has 2 heterocycles. The molecule has 2 saturated heterocycles. The number of fused-ring (bicyclic) bond motifs is 2. The molecular weight excluding hydrogens is 468 g/mol. The molecule has 7 heteroatoms. The molecule has 1 aromatic carbocycles. The molecule has 37 heavy (non-hydrogen) atoms. The third-order valence-electron chi connectivity index (χ3n) is 9.25. The number of esters is 1. The summed E-state index contributed by atoms with van der Waals surface area (Å²) in [6, 6.07) is 5.94. The Bertz CT molecular complexity index is 990. The third kappa shape index (κ3) is 5.69. The van der Waals surface area contributed by atoms with Gasteiger partial charge < -0.3 is 18.9 Å². The number of ether oxygens (including phenoxy) is 4. The fourth-order valence-corrected chi connectivity index (χ4v) is 7.13. The molecule has 0 bridgehead atoms. The van der Waals surface area contributed by atoms with Gasteiger partial charge in [0.25, 0.3) is 0 Å². The Morgan fingerprint density at radius 2 is 2.00 bits per heavy atom. The normalized spacial score (nSPS) is 31.9. The molecule has 7 nitrogen and oxygen atoms in total. The summed E-state index contributed by atoms with van der Waals surface area (Å²) in [7, 11) is 3.39. The van der Waals surface area contributed by atoms with Crippen LogP contribution in [0.2, 0.25) is 0 Å². The fourth-order valence-electron chi connectivity index (χ4n) is 7.13. The Morgan fingerprint density at radius 1 is 1.19 bits per heavy atom. The van der Waals surface area contributed by atoms with E-state index in [-0.39, 0.29) is 29.3 Å². The van der Waals surface area contributed by atoms with Crippen LogP contribution in [-0.2, 0) is 20.8 Å². The van der Waals surface area contributed by atoms with Crippen molar-refractivity contribution in [1.82, 2.24) is 9.80 Å². The molecule has 0 aromatic heterocycles. The molecule has 204 valence electrons. The molecule has 0 radical (unpaired) electrons. The van der Waals surface area contributed by atoms with Crippen molar-refractivity contribution in [3.05, 3.63) is 35.4 Å². The van der Waals surface area contributed by atoms with E-state index in [4.69, 9.17) is 18.9 Å².